The minimum Gasteiger partial charge on any atom is -0.389 e. The summed E-state index contributed by atoms with van der Waals surface area (Å²) >= 11 is 1.77. The van der Waals surface area contributed by atoms with Gasteiger partial charge in [-0.25, -0.2) is 0 Å². The molecule has 2 atom stereocenters. The monoisotopic (exact) mass is 299 g/mol. The fraction of sp³-hybridized carbons (Fsp3) is 0.750. The number of rotatable bonds is 10. The first-order valence-electron chi connectivity index (χ1n) is 7.55. The van der Waals surface area contributed by atoms with Crippen molar-refractivity contribution < 1.29 is 9.84 Å². The lowest BCUT2D eigenvalue weighted by Crippen LogP contribution is -2.39. The van der Waals surface area contributed by atoms with E-state index in [2.05, 4.69) is 50.1 Å². The summed E-state index contributed by atoms with van der Waals surface area (Å²) in [4.78, 5) is 3.69. The first-order chi connectivity index (χ1) is 9.52. The molecule has 3 nitrogen and oxygen atoms in total. The van der Waals surface area contributed by atoms with Crippen LogP contribution in [0.1, 0.15) is 39.0 Å². The van der Waals surface area contributed by atoms with Crippen LogP contribution in [0.25, 0.3) is 0 Å². The quantitative estimate of drug-likeness (QED) is 0.719. The molecule has 1 N–H and O–H groups in total. The third kappa shape index (κ3) is 6.84. The predicted molar refractivity (Wildman–Crippen MR) is 86.1 cm³/mol. The van der Waals surface area contributed by atoms with E-state index < -0.39 is 6.10 Å². The summed E-state index contributed by atoms with van der Waals surface area (Å²) < 4.78 is 5.53. The van der Waals surface area contributed by atoms with Gasteiger partial charge >= 0.3 is 0 Å². The van der Waals surface area contributed by atoms with Crippen molar-refractivity contribution in [2.24, 2.45) is 5.92 Å². The Morgan fingerprint density at radius 2 is 2.05 bits per heavy atom. The van der Waals surface area contributed by atoms with Crippen LogP contribution in [0.3, 0.4) is 0 Å². The molecule has 2 unspecified atom stereocenters. The minimum atomic E-state index is -0.414. The highest BCUT2D eigenvalue weighted by atomic mass is 32.1. The van der Waals surface area contributed by atoms with Crippen molar-refractivity contribution in [3.63, 3.8) is 0 Å². The Bertz CT molecular complexity index is 340. The molecule has 0 amide bonds. The normalized spacial score (nSPS) is 14.9. The number of hydrogen-bond acceptors (Lipinski definition) is 4. The van der Waals surface area contributed by atoms with Crippen molar-refractivity contribution in [1.82, 2.24) is 4.90 Å². The second kappa shape index (κ2) is 9.50. The lowest BCUT2D eigenvalue weighted by Gasteiger charge is -2.30. The molecule has 1 rings (SSSR count). The maximum Gasteiger partial charge on any atom is 0.0900 e. The Kier molecular flexibility index (Phi) is 8.38. The van der Waals surface area contributed by atoms with Gasteiger partial charge in [-0.1, -0.05) is 26.8 Å². The van der Waals surface area contributed by atoms with Crippen LogP contribution in [0.2, 0.25) is 0 Å². The van der Waals surface area contributed by atoms with Crippen molar-refractivity contribution in [2.45, 2.75) is 52.8 Å². The maximum atomic E-state index is 10.1. The van der Waals surface area contributed by atoms with Crippen molar-refractivity contribution in [2.75, 3.05) is 19.8 Å². The Hall–Kier alpha value is -0.420. The molecule has 116 valence electrons. The lowest BCUT2D eigenvalue weighted by atomic mass is 10.2. The van der Waals surface area contributed by atoms with E-state index in [-0.39, 0.29) is 0 Å². The number of nitrogens with zero attached hydrogens (tertiary/aromatic N) is 1. The molecular weight excluding hydrogens is 270 g/mol. The highest BCUT2D eigenvalue weighted by molar-refractivity contribution is 7.09. The van der Waals surface area contributed by atoms with Crippen LogP contribution in [-0.4, -0.2) is 41.9 Å². The van der Waals surface area contributed by atoms with Gasteiger partial charge in [-0.15, -0.1) is 11.3 Å². The zero-order valence-electron chi connectivity index (χ0n) is 13.2. The fourth-order valence-corrected chi connectivity index (χ4v) is 2.75. The molecule has 4 heteroatoms. The highest BCUT2D eigenvalue weighted by Crippen LogP contribution is 2.15. The fourth-order valence-electron chi connectivity index (χ4n) is 2.02. The van der Waals surface area contributed by atoms with Crippen LogP contribution < -0.4 is 0 Å². The second-order valence-corrected chi connectivity index (χ2v) is 6.88. The van der Waals surface area contributed by atoms with Crippen LogP contribution in [0.15, 0.2) is 17.5 Å². The van der Waals surface area contributed by atoms with Gasteiger partial charge in [0.15, 0.2) is 0 Å². The summed E-state index contributed by atoms with van der Waals surface area (Å²) in [6.45, 7) is 11.4. The van der Waals surface area contributed by atoms with E-state index in [9.17, 15) is 5.11 Å². The molecule has 0 aliphatic rings. The zero-order valence-corrected chi connectivity index (χ0v) is 14.0. The van der Waals surface area contributed by atoms with E-state index in [4.69, 9.17) is 4.74 Å². The van der Waals surface area contributed by atoms with E-state index in [0.717, 1.165) is 13.0 Å². The van der Waals surface area contributed by atoms with Gasteiger partial charge in [0.1, 0.15) is 0 Å². The molecule has 0 radical (unpaired) electrons. The number of aliphatic hydroxyl groups excluding tert-OH is 1. The van der Waals surface area contributed by atoms with E-state index in [1.54, 1.807) is 11.3 Å². The van der Waals surface area contributed by atoms with Gasteiger partial charge in [-0.05, 0) is 30.7 Å². The summed E-state index contributed by atoms with van der Waals surface area (Å²) in [5, 5.41) is 12.2. The molecule has 20 heavy (non-hydrogen) atoms. The van der Waals surface area contributed by atoms with E-state index in [0.29, 0.717) is 31.7 Å². The smallest absolute Gasteiger partial charge is 0.0900 e. The second-order valence-electron chi connectivity index (χ2n) is 5.85. The van der Waals surface area contributed by atoms with Gasteiger partial charge < -0.3 is 9.84 Å². The molecule has 1 aromatic heterocycles. The van der Waals surface area contributed by atoms with Crippen LogP contribution in [0.5, 0.6) is 0 Å². The molecular formula is C16H29NO2S. The average molecular weight is 299 g/mol. The Balaban J connectivity index is 2.43. The third-order valence-electron chi connectivity index (χ3n) is 3.36. The van der Waals surface area contributed by atoms with Crippen LogP contribution in [0.4, 0.5) is 0 Å². The number of hydrogen-bond donors (Lipinski definition) is 1. The Morgan fingerprint density at radius 1 is 1.30 bits per heavy atom. The van der Waals surface area contributed by atoms with Gasteiger partial charge in [-0.2, -0.15) is 0 Å². The van der Waals surface area contributed by atoms with Crippen molar-refractivity contribution in [3.05, 3.63) is 22.4 Å². The van der Waals surface area contributed by atoms with E-state index >= 15 is 0 Å². The van der Waals surface area contributed by atoms with Gasteiger partial charge in [-0.3, -0.25) is 4.90 Å². The number of thiophene rings is 1. The summed E-state index contributed by atoms with van der Waals surface area (Å²) in [5.41, 5.74) is 0. The van der Waals surface area contributed by atoms with Crippen LogP contribution in [-0.2, 0) is 11.3 Å². The molecule has 0 aromatic carbocycles. The summed E-state index contributed by atoms with van der Waals surface area (Å²) in [5.74, 6) is 0.513. The molecule has 0 spiro atoms. The van der Waals surface area contributed by atoms with Gasteiger partial charge in [0.2, 0.25) is 0 Å². The zero-order chi connectivity index (χ0) is 15.0. The van der Waals surface area contributed by atoms with Crippen molar-refractivity contribution >= 4 is 11.3 Å². The predicted octanol–water partition coefficient (Wildman–Crippen LogP) is 3.38. The van der Waals surface area contributed by atoms with Gasteiger partial charge in [0.05, 0.1) is 12.7 Å². The summed E-state index contributed by atoms with van der Waals surface area (Å²) in [7, 11) is 0. The first kappa shape index (κ1) is 17.6. The van der Waals surface area contributed by atoms with Gasteiger partial charge in [0.25, 0.3) is 0 Å². The van der Waals surface area contributed by atoms with Crippen molar-refractivity contribution in [1.29, 1.82) is 0 Å². The largest absolute Gasteiger partial charge is 0.389 e. The number of ether oxygens (including phenoxy) is 1. The molecule has 1 aromatic rings. The van der Waals surface area contributed by atoms with Crippen molar-refractivity contribution in [3.8, 4) is 0 Å². The minimum absolute atomic E-state index is 0.414. The SMILES string of the molecule is CCC(C)N(Cc1cccs1)CC(O)COCC(C)C. The Labute approximate surface area is 127 Å². The molecule has 0 aliphatic heterocycles. The Morgan fingerprint density at radius 3 is 2.60 bits per heavy atom. The summed E-state index contributed by atoms with van der Waals surface area (Å²) in [6.07, 6.45) is 0.674. The maximum absolute atomic E-state index is 10.1. The van der Waals surface area contributed by atoms with E-state index in [1.807, 2.05) is 0 Å². The van der Waals surface area contributed by atoms with Crippen LogP contribution in [0, 0.1) is 5.92 Å². The average Bonchev–Trinajstić information content (AvgIpc) is 2.89. The topological polar surface area (TPSA) is 32.7 Å². The molecule has 0 fully saturated rings. The van der Waals surface area contributed by atoms with Gasteiger partial charge in [0, 0.05) is 30.6 Å². The molecule has 0 saturated heterocycles. The third-order valence-corrected chi connectivity index (χ3v) is 4.22. The number of aliphatic hydroxyl groups is 1. The standard InChI is InChI=1S/C16H29NO2S/c1-5-14(4)17(10-16-7-6-8-20-16)9-15(18)12-19-11-13(2)3/h6-8,13-15,18H,5,9-12H2,1-4H3. The van der Waals surface area contributed by atoms with Crippen LogP contribution >= 0.6 is 11.3 Å². The molecule has 0 saturated carbocycles. The summed E-state index contributed by atoms with van der Waals surface area (Å²) in [6, 6.07) is 4.70. The molecule has 1 heterocycles. The first-order valence-corrected chi connectivity index (χ1v) is 8.43. The lowest BCUT2D eigenvalue weighted by molar-refractivity contribution is 0.000316. The molecule has 0 aliphatic carbocycles. The highest BCUT2D eigenvalue weighted by Gasteiger charge is 2.17. The molecule has 0 bridgehead atoms. The van der Waals surface area contributed by atoms with E-state index in [1.165, 1.54) is 4.88 Å².